The predicted molar refractivity (Wildman–Crippen MR) is 120 cm³/mol. The van der Waals surface area contributed by atoms with Crippen LogP contribution in [-0.2, 0) is 9.84 Å². The lowest BCUT2D eigenvalue weighted by atomic mass is 9.68. The normalized spacial score (nSPS) is 24.7. The van der Waals surface area contributed by atoms with E-state index >= 15 is 0 Å². The Morgan fingerprint density at radius 1 is 0.926 bits per heavy atom. The summed E-state index contributed by atoms with van der Waals surface area (Å²) >= 11 is 2.24. The van der Waals surface area contributed by atoms with Crippen molar-refractivity contribution in [2.45, 2.75) is 63.2 Å². The number of aliphatic hydroxyl groups excluding tert-OH is 1. The summed E-state index contributed by atoms with van der Waals surface area (Å²) in [6.45, 7) is 11.1. The van der Waals surface area contributed by atoms with Crippen LogP contribution in [0.3, 0.4) is 0 Å². The lowest BCUT2D eigenvalue weighted by molar-refractivity contribution is 0.0166. The summed E-state index contributed by atoms with van der Waals surface area (Å²) in [5.74, 6) is -0.389. The molecule has 0 spiro atoms. The molecule has 0 bridgehead atoms. The number of fused-ring (bicyclic) bond motifs is 1. The third-order valence-electron chi connectivity index (χ3n) is 6.05. The molecule has 1 aliphatic heterocycles. The van der Waals surface area contributed by atoms with Crippen molar-refractivity contribution in [2.24, 2.45) is 5.41 Å². The molecule has 3 nitrogen and oxygen atoms in total. The zero-order chi connectivity index (χ0) is 20.6. The van der Waals surface area contributed by atoms with Crippen LogP contribution in [0.4, 0.5) is 0 Å². The van der Waals surface area contributed by atoms with Crippen molar-refractivity contribution in [3.8, 4) is 0 Å². The van der Waals surface area contributed by atoms with E-state index in [1.54, 1.807) is 26.0 Å². The van der Waals surface area contributed by atoms with E-state index in [2.05, 4.69) is 22.6 Å². The third kappa shape index (κ3) is 3.47. The monoisotopic (exact) mass is 500 g/mol. The Bertz CT molecular complexity index is 899. The van der Waals surface area contributed by atoms with E-state index in [-0.39, 0.29) is 5.92 Å². The summed E-state index contributed by atoms with van der Waals surface area (Å²) in [5.41, 5.74) is 0.773. The second-order valence-corrected chi connectivity index (χ2v) is 11.5. The summed E-state index contributed by atoms with van der Waals surface area (Å²) in [6, 6.07) is 15.0. The van der Waals surface area contributed by atoms with Crippen LogP contribution in [0.25, 0.3) is 0 Å². The van der Waals surface area contributed by atoms with E-state index in [0.29, 0.717) is 10.5 Å². The van der Waals surface area contributed by atoms with E-state index < -0.39 is 26.1 Å². The molecule has 148 valence electrons. The van der Waals surface area contributed by atoms with Crippen molar-refractivity contribution < 1.29 is 13.5 Å². The number of halogens is 1. The first-order chi connectivity index (χ1) is 12.5. The molecule has 0 aromatic heterocycles. The van der Waals surface area contributed by atoms with Gasteiger partial charge in [-0.3, -0.25) is 0 Å². The highest BCUT2D eigenvalue weighted by Gasteiger charge is 2.57. The fourth-order valence-corrected chi connectivity index (χ4v) is 6.06. The largest absolute Gasteiger partial charge is 0.392 e. The molecule has 0 aliphatic carbocycles. The maximum Gasteiger partial charge on any atom is 0.184 e. The molecule has 1 unspecified atom stereocenters. The second-order valence-electron chi connectivity index (χ2n) is 7.75. The summed E-state index contributed by atoms with van der Waals surface area (Å²) in [5, 5.41) is 11.3. The molecule has 0 radical (unpaired) electrons. The van der Waals surface area contributed by atoms with Crippen LogP contribution in [0.15, 0.2) is 53.4 Å². The minimum atomic E-state index is -3.61. The van der Waals surface area contributed by atoms with Crippen LogP contribution < -0.4 is 0 Å². The molecule has 0 saturated carbocycles. The Labute approximate surface area is 177 Å². The molecule has 2 aromatic rings. The molecule has 0 saturated heterocycles. The van der Waals surface area contributed by atoms with Crippen molar-refractivity contribution in [3.05, 3.63) is 63.2 Å². The van der Waals surface area contributed by atoms with Gasteiger partial charge in [0, 0.05) is 14.9 Å². The van der Waals surface area contributed by atoms with Crippen LogP contribution in [0.1, 0.15) is 58.6 Å². The second kappa shape index (κ2) is 7.84. The fourth-order valence-electron chi connectivity index (χ4n) is 3.58. The maximum atomic E-state index is 13.4. The Hall–Kier alpha value is -0.920. The molecule has 5 heteroatoms. The van der Waals surface area contributed by atoms with Crippen molar-refractivity contribution in [2.75, 3.05) is 0 Å². The van der Waals surface area contributed by atoms with Gasteiger partial charge >= 0.3 is 0 Å². The summed E-state index contributed by atoms with van der Waals surface area (Å²) in [6.07, 6.45) is -0.832. The quantitative estimate of drug-likeness (QED) is 0.534. The van der Waals surface area contributed by atoms with Gasteiger partial charge in [-0.25, -0.2) is 8.42 Å². The van der Waals surface area contributed by atoms with Gasteiger partial charge in [-0.2, -0.15) is 0 Å². The van der Waals surface area contributed by atoms with E-state index in [0.717, 1.165) is 9.13 Å². The Kier molecular flexibility index (Phi) is 6.49. The maximum absolute atomic E-state index is 13.4. The topological polar surface area (TPSA) is 54.4 Å². The highest BCUT2D eigenvalue weighted by Crippen LogP contribution is 2.52. The smallest absolute Gasteiger partial charge is 0.184 e. The molecule has 2 aromatic carbocycles. The van der Waals surface area contributed by atoms with Gasteiger partial charge in [-0.15, -0.1) is 0 Å². The zero-order valence-corrected chi connectivity index (χ0v) is 19.8. The first-order valence-electron chi connectivity index (χ1n) is 9.29. The number of rotatable bonds is 1. The van der Waals surface area contributed by atoms with Crippen molar-refractivity contribution in [1.29, 1.82) is 0 Å². The van der Waals surface area contributed by atoms with Crippen LogP contribution in [-0.4, -0.2) is 24.4 Å². The van der Waals surface area contributed by atoms with Crippen LogP contribution in [0.2, 0.25) is 0 Å². The first kappa shape index (κ1) is 22.4. The van der Waals surface area contributed by atoms with Gasteiger partial charge in [0.05, 0.1) is 15.7 Å². The number of hydrogen-bond acceptors (Lipinski definition) is 3. The molecule has 1 N–H and O–H groups in total. The first-order valence-corrected chi connectivity index (χ1v) is 11.8. The standard InChI is InChI=1S/C20H23IO3S.C2H6/c1-19(2)18(22)17(13-9-11-14(21)12-10-13)15-7-5-6-8-16(15)25(23,24)20(19,3)4;1-2/h5-12,17-18,22H,1-4H3;1-2H3/t17-,18?;/m0./s1. The van der Waals surface area contributed by atoms with Gasteiger partial charge in [-0.1, -0.05) is 58.0 Å². The zero-order valence-electron chi connectivity index (χ0n) is 16.8. The molecular formula is C22H29IO3S. The minimum Gasteiger partial charge on any atom is -0.392 e. The predicted octanol–water partition coefficient (Wildman–Crippen LogP) is 5.40. The van der Waals surface area contributed by atoms with E-state index in [1.807, 2.05) is 64.1 Å². The van der Waals surface area contributed by atoms with Gasteiger partial charge < -0.3 is 5.11 Å². The Balaban J connectivity index is 0.00000126. The van der Waals surface area contributed by atoms with E-state index in [9.17, 15) is 13.5 Å². The van der Waals surface area contributed by atoms with Gasteiger partial charge in [0.15, 0.2) is 9.84 Å². The van der Waals surface area contributed by atoms with Gasteiger partial charge in [0.1, 0.15) is 0 Å². The average Bonchev–Trinajstić information content (AvgIpc) is 2.67. The van der Waals surface area contributed by atoms with Crippen LogP contribution in [0, 0.1) is 8.99 Å². The lowest BCUT2D eigenvalue weighted by Gasteiger charge is -2.44. The molecule has 1 heterocycles. The molecule has 2 atom stereocenters. The van der Waals surface area contributed by atoms with Crippen molar-refractivity contribution in [3.63, 3.8) is 0 Å². The Morgan fingerprint density at radius 3 is 2.00 bits per heavy atom. The third-order valence-corrected chi connectivity index (χ3v) is 9.59. The molecule has 1 aliphatic rings. The van der Waals surface area contributed by atoms with E-state index in [4.69, 9.17) is 0 Å². The lowest BCUT2D eigenvalue weighted by Crippen LogP contribution is -2.52. The van der Waals surface area contributed by atoms with Gasteiger partial charge in [-0.05, 0) is 65.8 Å². The summed E-state index contributed by atoms with van der Waals surface area (Å²) < 4.78 is 26.8. The molecule has 0 fully saturated rings. The number of hydrogen-bond donors (Lipinski definition) is 1. The summed E-state index contributed by atoms with van der Waals surface area (Å²) in [4.78, 5) is 0.327. The fraction of sp³-hybridized carbons (Fsp3) is 0.455. The van der Waals surface area contributed by atoms with E-state index in [1.165, 1.54) is 0 Å². The van der Waals surface area contributed by atoms with Gasteiger partial charge in [0.25, 0.3) is 0 Å². The number of aliphatic hydroxyl groups is 1. The average molecular weight is 500 g/mol. The molecular weight excluding hydrogens is 471 g/mol. The van der Waals surface area contributed by atoms with Crippen molar-refractivity contribution in [1.82, 2.24) is 0 Å². The molecule has 27 heavy (non-hydrogen) atoms. The van der Waals surface area contributed by atoms with Gasteiger partial charge in [0.2, 0.25) is 0 Å². The highest BCUT2D eigenvalue weighted by atomic mass is 127. The molecule has 0 amide bonds. The number of sulfone groups is 1. The molecule has 3 rings (SSSR count). The van der Waals surface area contributed by atoms with Crippen LogP contribution in [0.5, 0.6) is 0 Å². The summed E-state index contributed by atoms with van der Waals surface area (Å²) in [7, 11) is -3.61. The Morgan fingerprint density at radius 2 is 1.44 bits per heavy atom. The number of benzene rings is 2. The van der Waals surface area contributed by atoms with Crippen molar-refractivity contribution >= 4 is 32.4 Å². The highest BCUT2D eigenvalue weighted by molar-refractivity contribution is 14.1. The van der Waals surface area contributed by atoms with Crippen LogP contribution >= 0.6 is 22.6 Å². The SMILES string of the molecule is CC.CC1(C)C(O)[C@@H](c2ccc(I)cc2)c2ccccc2S(=O)(=O)C1(C)C. The minimum absolute atomic E-state index is 0.327.